The predicted molar refractivity (Wildman–Crippen MR) is 151 cm³/mol. The number of nitrogens with zero attached hydrogens (tertiary/aromatic N) is 2. The van der Waals surface area contributed by atoms with Gasteiger partial charge in [0.15, 0.2) is 17.5 Å². The third-order valence-corrected chi connectivity index (χ3v) is 8.75. The molecule has 9 nitrogen and oxygen atoms in total. The largest absolute Gasteiger partial charge is 1.00 e. The molecule has 4 rings (SSSR count). The maximum absolute atomic E-state index is 13.0. The van der Waals surface area contributed by atoms with E-state index < -0.39 is 20.7 Å². The van der Waals surface area contributed by atoms with Gasteiger partial charge in [-0.1, -0.05) is 30.0 Å². The van der Waals surface area contributed by atoms with Gasteiger partial charge in [-0.15, -0.1) is 0 Å². The lowest BCUT2D eigenvalue weighted by Crippen LogP contribution is -3.00. The Labute approximate surface area is 252 Å². The topological polar surface area (TPSA) is 127 Å². The van der Waals surface area contributed by atoms with Crippen LogP contribution in [-0.2, 0) is 21.2 Å². The number of sulfone groups is 1. The van der Waals surface area contributed by atoms with Crippen molar-refractivity contribution in [3.05, 3.63) is 119 Å². The summed E-state index contributed by atoms with van der Waals surface area (Å²) in [6.07, 6.45) is 5.95. The number of hydrogen-bond donors (Lipinski definition) is 1. The molecule has 1 N–H and O–H groups in total. The standard InChI is InChI=1S/C29H25N3O6S2.BrH/c33-28(10-4-7-21-31-19-5-1-6-20-31)39-27-9-3-2-8-26(27)29(34)30-22-11-15-24(16-12-22)40(37,38)25-17-13-23(14-18-25)32(35)36;/h1-3,5-6,8-9,11-20H,4,7,10,21H2;1H. The molecule has 0 unspecified atom stereocenters. The zero-order valence-corrected chi connectivity index (χ0v) is 24.9. The van der Waals surface area contributed by atoms with E-state index in [2.05, 4.69) is 9.88 Å². The molecule has 1 amide bonds. The Bertz CT molecular complexity index is 1610. The minimum Gasteiger partial charge on any atom is -1.00 e. The van der Waals surface area contributed by atoms with Crippen molar-refractivity contribution >= 4 is 44.0 Å². The van der Waals surface area contributed by atoms with Gasteiger partial charge in [-0.05, 0) is 55.0 Å². The van der Waals surface area contributed by atoms with Gasteiger partial charge in [-0.3, -0.25) is 19.7 Å². The number of rotatable bonds is 11. The number of amides is 1. The number of halogens is 1. The van der Waals surface area contributed by atoms with E-state index in [1.54, 1.807) is 24.3 Å². The van der Waals surface area contributed by atoms with Gasteiger partial charge >= 0.3 is 0 Å². The van der Waals surface area contributed by atoms with Crippen LogP contribution in [-0.4, -0.2) is 24.4 Å². The number of carbonyl (C=O) groups excluding carboxylic acids is 2. The molecule has 0 fully saturated rings. The Morgan fingerprint density at radius 1 is 0.829 bits per heavy atom. The molecule has 0 aliphatic heterocycles. The summed E-state index contributed by atoms with van der Waals surface area (Å²) in [7, 11) is -3.90. The molecule has 12 heteroatoms. The van der Waals surface area contributed by atoms with Crippen LogP contribution < -0.4 is 26.9 Å². The molecule has 0 radical (unpaired) electrons. The van der Waals surface area contributed by atoms with Crippen molar-refractivity contribution in [2.24, 2.45) is 0 Å². The third-order valence-electron chi connectivity index (χ3n) is 5.96. The highest BCUT2D eigenvalue weighted by Crippen LogP contribution is 2.27. The van der Waals surface area contributed by atoms with E-state index in [1.165, 1.54) is 36.4 Å². The minimum absolute atomic E-state index is 0. The van der Waals surface area contributed by atoms with Crippen LogP contribution in [0, 0.1) is 10.1 Å². The van der Waals surface area contributed by atoms with Crippen LogP contribution in [0.2, 0.25) is 0 Å². The average molecular weight is 657 g/mol. The minimum atomic E-state index is -3.90. The fraction of sp³-hybridized carbons (Fsp3) is 0.138. The smallest absolute Gasteiger partial charge is 0.269 e. The predicted octanol–water partition coefficient (Wildman–Crippen LogP) is 2.46. The molecule has 0 saturated heterocycles. The summed E-state index contributed by atoms with van der Waals surface area (Å²) in [6.45, 7) is 0.825. The molecular weight excluding hydrogens is 630 g/mol. The van der Waals surface area contributed by atoms with Gasteiger partial charge in [0.2, 0.25) is 9.84 Å². The Hall–Kier alpha value is -3.87. The van der Waals surface area contributed by atoms with E-state index in [1.807, 2.05) is 30.6 Å². The lowest BCUT2D eigenvalue weighted by Gasteiger charge is -2.10. The molecule has 0 spiro atoms. The first kappa shape index (κ1) is 31.7. The molecule has 0 atom stereocenters. The molecule has 212 valence electrons. The summed E-state index contributed by atoms with van der Waals surface area (Å²) in [4.78, 5) is 36.3. The van der Waals surface area contributed by atoms with Crippen molar-refractivity contribution in [2.75, 3.05) is 5.32 Å². The first-order chi connectivity index (χ1) is 19.2. The number of nitrogens with one attached hydrogen (secondary N) is 1. The van der Waals surface area contributed by atoms with Gasteiger partial charge in [0.25, 0.3) is 11.6 Å². The highest BCUT2D eigenvalue weighted by atomic mass is 79.9. The van der Waals surface area contributed by atoms with E-state index >= 15 is 0 Å². The van der Waals surface area contributed by atoms with Gasteiger partial charge in [-0.2, -0.15) is 0 Å². The van der Waals surface area contributed by atoms with Crippen LogP contribution >= 0.6 is 11.8 Å². The van der Waals surface area contributed by atoms with Gasteiger partial charge in [0, 0.05) is 47.7 Å². The van der Waals surface area contributed by atoms with E-state index in [-0.39, 0.29) is 37.6 Å². The summed E-state index contributed by atoms with van der Waals surface area (Å²) in [5.74, 6) is -0.428. The second-order valence-electron chi connectivity index (χ2n) is 8.77. The SMILES string of the molecule is O=C(CCCC[n+]1ccccc1)Sc1ccccc1C(=O)Nc1ccc(S(=O)(=O)c2ccc([N+](=O)[O-])cc2)cc1.[Br-]. The number of thioether (sulfide) groups is 1. The zero-order valence-electron chi connectivity index (χ0n) is 21.7. The quantitative estimate of drug-likeness (QED) is 0.0865. The van der Waals surface area contributed by atoms with Crippen molar-refractivity contribution in [1.29, 1.82) is 0 Å². The zero-order chi connectivity index (χ0) is 28.5. The molecule has 3 aromatic carbocycles. The van der Waals surface area contributed by atoms with E-state index in [4.69, 9.17) is 0 Å². The number of nitro benzene ring substituents is 1. The summed E-state index contributed by atoms with van der Waals surface area (Å²) in [5, 5.41) is 13.6. The second-order valence-corrected chi connectivity index (χ2v) is 11.8. The van der Waals surface area contributed by atoms with E-state index in [0.29, 0.717) is 22.6 Å². The number of nitro groups is 1. The van der Waals surface area contributed by atoms with Gasteiger partial charge in [0.1, 0.15) is 6.54 Å². The molecule has 0 aliphatic rings. The van der Waals surface area contributed by atoms with Crippen LogP contribution in [0.3, 0.4) is 0 Å². The number of aromatic nitrogens is 1. The second kappa shape index (κ2) is 14.7. The van der Waals surface area contributed by atoms with Crippen molar-refractivity contribution < 1.29 is 44.5 Å². The number of anilines is 1. The van der Waals surface area contributed by atoms with Crippen LogP contribution in [0.4, 0.5) is 11.4 Å². The number of benzene rings is 3. The molecule has 41 heavy (non-hydrogen) atoms. The number of carbonyl (C=O) groups is 2. The van der Waals surface area contributed by atoms with Crippen molar-refractivity contribution in [2.45, 2.75) is 40.5 Å². The lowest BCUT2D eigenvalue weighted by atomic mass is 10.2. The van der Waals surface area contributed by atoms with Crippen molar-refractivity contribution in [3.63, 3.8) is 0 Å². The number of non-ortho nitro benzene ring substituents is 1. The lowest BCUT2D eigenvalue weighted by molar-refractivity contribution is -0.697. The number of unbranched alkanes of at least 4 members (excludes halogenated alkanes) is 1. The van der Waals surface area contributed by atoms with Crippen LogP contribution in [0.25, 0.3) is 0 Å². The summed E-state index contributed by atoms with van der Waals surface area (Å²) < 4.78 is 27.8. The van der Waals surface area contributed by atoms with Gasteiger partial charge in [-0.25, -0.2) is 13.0 Å². The Morgan fingerprint density at radius 3 is 2.07 bits per heavy atom. The molecular formula is C29H26BrN3O6S2. The molecule has 0 aliphatic carbocycles. The fourth-order valence-corrected chi connectivity index (χ4v) is 6.03. The first-order valence-corrected chi connectivity index (χ1v) is 14.7. The summed E-state index contributed by atoms with van der Waals surface area (Å²) in [6, 6.07) is 22.9. The molecule has 0 bridgehead atoms. The third kappa shape index (κ3) is 8.56. The van der Waals surface area contributed by atoms with Crippen LogP contribution in [0.15, 0.2) is 118 Å². The van der Waals surface area contributed by atoms with Crippen LogP contribution in [0.1, 0.15) is 29.6 Å². The van der Waals surface area contributed by atoms with Crippen LogP contribution in [0.5, 0.6) is 0 Å². The maximum Gasteiger partial charge on any atom is 0.269 e. The maximum atomic E-state index is 13.0. The number of pyridine rings is 1. The Balaban J connectivity index is 0.00000462. The Kier molecular flexibility index (Phi) is 11.3. The Morgan fingerprint density at radius 2 is 1.44 bits per heavy atom. The summed E-state index contributed by atoms with van der Waals surface area (Å²) >= 11 is 1.03. The van der Waals surface area contributed by atoms with Gasteiger partial charge < -0.3 is 22.3 Å². The molecule has 0 saturated carbocycles. The molecule has 1 heterocycles. The monoisotopic (exact) mass is 655 g/mol. The molecule has 4 aromatic rings. The van der Waals surface area contributed by atoms with Gasteiger partial charge in [0.05, 0.1) is 20.3 Å². The average Bonchev–Trinajstić information content (AvgIpc) is 2.96. The highest BCUT2D eigenvalue weighted by Gasteiger charge is 2.20. The fourth-order valence-electron chi connectivity index (χ4n) is 3.86. The normalized spacial score (nSPS) is 10.8. The molecule has 1 aromatic heterocycles. The van der Waals surface area contributed by atoms with Crippen molar-refractivity contribution in [3.8, 4) is 0 Å². The number of aryl methyl sites for hydroxylation is 1. The highest BCUT2D eigenvalue weighted by molar-refractivity contribution is 8.13. The van der Waals surface area contributed by atoms with E-state index in [0.717, 1.165) is 43.3 Å². The van der Waals surface area contributed by atoms with E-state index in [9.17, 15) is 28.1 Å². The van der Waals surface area contributed by atoms with Crippen molar-refractivity contribution in [1.82, 2.24) is 0 Å². The summed E-state index contributed by atoms with van der Waals surface area (Å²) in [5.41, 5.74) is 0.500. The number of hydrogen-bond acceptors (Lipinski definition) is 7. The first-order valence-electron chi connectivity index (χ1n) is 12.4.